The van der Waals surface area contributed by atoms with Crippen LogP contribution in [-0.2, 0) is 0 Å². The Morgan fingerprint density at radius 3 is 2.36 bits per heavy atom. The van der Waals surface area contributed by atoms with E-state index in [0.29, 0.717) is 0 Å². The van der Waals surface area contributed by atoms with Crippen LogP contribution in [0.25, 0.3) is 0 Å². The summed E-state index contributed by atoms with van der Waals surface area (Å²) < 4.78 is 0. The fourth-order valence-corrected chi connectivity index (χ4v) is 1.62. The largest absolute Gasteiger partial charge is 0.389 e. The number of pyridine rings is 1. The van der Waals surface area contributed by atoms with E-state index in [9.17, 15) is 10.1 Å². The summed E-state index contributed by atoms with van der Waals surface area (Å²) in [5.41, 5.74) is 0.0934. The van der Waals surface area contributed by atoms with E-state index in [1.807, 2.05) is 0 Å². The standard InChI is InChI=1S/C7H6Cl2N2O3/c8-4-1-10-2-5(9)7(4)6(3-12)11(13)14/h1-2,6,12H,3H2. The number of rotatable bonds is 3. The van der Waals surface area contributed by atoms with Gasteiger partial charge in [0.2, 0.25) is 0 Å². The van der Waals surface area contributed by atoms with E-state index in [2.05, 4.69) is 4.98 Å². The first-order valence-electron chi connectivity index (χ1n) is 3.61. The Morgan fingerprint density at radius 1 is 1.50 bits per heavy atom. The number of nitro groups is 1. The number of aliphatic hydroxyl groups is 1. The molecule has 76 valence electrons. The van der Waals surface area contributed by atoms with Crippen LogP contribution in [0.3, 0.4) is 0 Å². The minimum atomic E-state index is -1.31. The number of halogens is 2. The molecular formula is C7H6Cl2N2O3. The van der Waals surface area contributed by atoms with E-state index in [1.54, 1.807) is 0 Å². The average Bonchev–Trinajstić information content (AvgIpc) is 2.10. The number of aromatic nitrogens is 1. The van der Waals surface area contributed by atoms with Crippen molar-refractivity contribution < 1.29 is 10.0 Å². The van der Waals surface area contributed by atoms with E-state index < -0.39 is 17.6 Å². The zero-order chi connectivity index (χ0) is 10.7. The number of aliphatic hydroxyl groups excluding tert-OH is 1. The van der Waals surface area contributed by atoms with Crippen LogP contribution in [0.2, 0.25) is 10.0 Å². The highest BCUT2D eigenvalue weighted by Crippen LogP contribution is 2.30. The van der Waals surface area contributed by atoms with Crippen molar-refractivity contribution in [2.45, 2.75) is 6.04 Å². The molecule has 0 saturated heterocycles. The van der Waals surface area contributed by atoms with Crippen molar-refractivity contribution in [3.63, 3.8) is 0 Å². The Labute approximate surface area is 89.4 Å². The van der Waals surface area contributed by atoms with Crippen molar-refractivity contribution in [3.05, 3.63) is 38.1 Å². The van der Waals surface area contributed by atoms with Gasteiger partial charge in [-0.1, -0.05) is 23.2 Å². The van der Waals surface area contributed by atoms with E-state index in [1.165, 1.54) is 12.4 Å². The van der Waals surface area contributed by atoms with Crippen LogP contribution >= 0.6 is 23.2 Å². The van der Waals surface area contributed by atoms with Crippen molar-refractivity contribution in [3.8, 4) is 0 Å². The van der Waals surface area contributed by atoms with Crippen LogP contribution in [0.1, 0.15) is 11.6 Å². The molecule has 1 rings (SSSR count). The third-order valence-electron chi connectivity index (χ3n) is 1.65. The molecule has 0 amide bonds. The zero-order valence-corrected chi connectivity index (χ0v) is 8.37. The van der Waals surface area contributed by atoms with Gasteiger partial charge in [0.1, 0.15) is 6.61 Å². The first-order valence-corrected chi connectivity index (χ1v) is 4.36. The second-order valence-electron chi connectivity index (χ2n) is 2.50. The minimum Gasteiger partial charge on any atom is -0.389 e. The fourth-order valence-electron chi connectivity index (χ4n) is 1.00. The maximum atomic E-state index is 10.5. The lowest BCUT2D eigenvalue weighted by Gasteiger charge is -2.09. The summed E-state index contributed by atoms with van der Waals surface area (Å²) >= 11 is 11.4. The lowest BCUT2D eigenvalue weighted by Crippen LogP contribution is -2.15. The monoisotopic (exact) mass is 236 g/mol. The molecule has 0 aliphatic rings. The maximum absolute atomic E-state index is 10.5. The molecule has 14 heavy (non-hydrogen) atoms. The molecule has 7 heteroatoms. The quantitative estimate of drug-likeness (QED) is 0.641. The summed E-state index contributed by atoms with van der Waals surface area (Å²) in [6, 6.07) is -1.31. The summed E-state index contributed by atoms with van der Waals surface area (Å²) in [5.74, 6) is 0. The number of hydrogen-bond acceptors (Lipinski definition) is 4. The topological polar surface area (TPSA) is 76.3 Å². The predicted molar refractivity (Wildman–Crippen MR) is 51.1 cm³/mol. The van der Waals surface area contributed by atoms with E-state index >= 15 is 0 Å². The summed E-state index contributed by atoms with van der Waals surface area (Å²) in [7, 11) is 0. The molecule has 5 nitrogen and oxygen atoms in total. The number of hydrogen-bond donors (Lipinski definition) is 1. The van der Waals surface area contributed by atoms with Gasteiger partial charge in [-0.3, -0.25) is 15.1 Å². The van der Waals surface area contributed by atoms with Gasteiger partial charge in [0.15, 0.2) is 0 Å². The van der Waals surface area contributed by atoms with Crippen LogP contribution < -0.4 is 0 Å². The Morgan fingerprint density at radius 2 is 2.00 bits per heavy atom. The van der Waals surface area contributed by atoms with Gasteiger partial charge in [-0.2, -0.15) is 0 Å². The Hall–Kier alpha value is -0.910. The van der Waals surface area contributed by atoms with Crippen molar-refractivity contribution >= 4 is 23.2 Å². The van der Waals surface area contributed by atoms with Gasteiger partial charge < -0.3 is 5.11 Å². The normalized spacial score (nSPS) is 12.5. The molecule has 0 bridgehead atoms. The van der Waals surface area contributed by atoms with Crippen LogP contribution in [0.15, 0.2) is 12.4 Å². The van der Waals surface area contributed by atoms with E-state index in [4.69, 9.17) is 28.3 Å². The van der Waals surface area contributed by atoms with Crippen LogP contribution in [0, 0.1) is 10.1 Å². The molecular weight excluding hydrogens is 231 g/mol. The van der Waals surface area contributed by atoms with Crippen molar-refractivity contribution in [2.75, 3.05) is 6.61 Å². The fraction of sp³-hybridized carbons (Fsp3) is 0.286. The van der Waals surface area contributed by atoms with Gasteiger partial charge in [0, 0.05) is 17.3 Å². The second-order valence-corrected chi connectivity index (χ2v) is 3.31. The highest BCUT2D eigenvalue weighted by atomic mass is 35.5. The SMILES string of the molecule is O=[N+]([O-])C(CO)c1c(Cl)cncc1Cl. The molecule has 1 N–H and O–H groups in total. The zero-order valence-electron chi connectivity index (χ0n) is 6.85. The van der Waals surface area contributed by atoms with E-state index in [-0.39, 0.29) is 15.6 Å². The molecule has 0 aromatic carbocycles. The predicted octanol–water partition coefficient (Wildman–Crippen LogP) is 1.70. The summed E-state index contributed by atoms with van der Waals surface area (Å²) in [5, 5.41) is 19.5. The molecule has 0 spiro atoms. The lowest BCUT2D eigenvalue weighted by atomic mass is 10.1. The molecule has 0 aliphatic carbocycles. The van der Waals surface area contributed by atoms with Crippen LogP contribution in [0.4, 0.5) is 0 Å². The first kappa shape index (κ1) is 11.2. The highest BCUT2D eigenvalue weighted by molar-refractivity contribution is 6.35. The third kappa shape index (κ3) is 2.12. The molecule has 0 radical (unpaired) electrons. The van der Waals surface area contributed by atoms with Gasteiger partial charge in [-0.05, 0) is 0 Å². The number of nitrogens with zero attached hydrogens (tertiary/aromatic N) is 2. The van der Waals surface area contributed by atoms with Gasteiger partial charge >= 0.3 is 0 Å². The molecule has 0 saturated carbocycles. The van der Waals surface area contributed by atoms with Gasteiger partial charge in [-0.25, -0.2) is 0 Å². The minimum absolute atomic E-state index is 0.0771. The van der Waals surface area contributed by atoms with Crippen LogP contribution in [-0.4, -0.2) is 21.6 Å². The highest BCUT2D eigenvalue weighted by Gasteiger charge is 2.27. The molecule has 0 fully saturated rings. The summed E-state index contributed by atoms with van der Waals surface area (Å²) in [6.07, 6.45) is 2.49. The summed E-state index contributed by atoms with van der Waals surface area (Å²) in [6.45, 7) is -0.656. The van der Waals surface area contributed by atoms with Crippen molar-refractivity contribution in [1.82, 2.24) is 4.98 Å². The molecule has 1 unspecified atom stereocenters. The molecule has 1 aromatic heterocycles. The Balaban J connectivity index is 3.22. The maximum Gasteiger partial charge on any atom is 0.263 e. The van der Waals surface area contributed by atoms with E-state index in [0.717, 1.165) is 0 Å². The Bertz CT molecular complexity index is 339. The van der Waals surface area contributed by atoms with Crippen LogP contribution in [0.5, 0.6) is 0 Å². The Kier molecular flexibility index (Phi) is 3.62. The third-order valence-corrected chi connectivity index (χ3v) is 2.25. The average molecular weight is 237 g/mol. The van der Waals surface area contributed by atoms with Gasteiger partial charge in [-0.15, -0.1) is 0 Å². The second kappa shape index (κ2) is 4.54. The smallest absolute Gasteiger partial charge is 0.263 e. The molecule has 1 heterocycles. The molecule has 1 atom stereocenters. The summed E-state index contributed by atoms with van der Waals surface area (Å²) in [4.78, 5) is 13.5. The van der Waals surface area contributed by atoms with Gasteiger partial charge in [0.25, 0.3) is 6.04 Å². The lowest BCUT2D eigenvalue weighted by molar-refractivity contribution is -0.532. The van der Waals surface area contributed by atoms with Crippen molar-refractivity contribution in [1.29, 1.82) is 0 Å². The first-order chi connectivity index (χ1) is 6.57. The molecule has 0 aliphatic heterocycles. The van der Waals surface area contributed by atoms with Gasteiger partial charge in [0.05, 0.1) is 15.6 Å². The van der Waals surface area contributed by atoms with Crippen molar-refractivity contribution in [2.24, 2.45) is 0 Å². The molecule has 1 aromatic rings.